The quantitative estimate of drug-likeness (QED) is 0.354. The Morgan fingerprint density at radius 2 is 1.55 bits per heavy atom. The van der Waals surface area contributed by atoms with E-state index in [1.807, 2.05) is 0 Å². The largest absolute Gasteiger partial charge is 0.464 e. The van der Waals surface area contributed by atoms with Gasteiger partial charge in [-0.05, 0) is 74.0 Å². The predicted octanol–water partition coefficient (Wildman–Crippen LogP) is 8.13. The minimum absolute atomic E-state index is 0.0111. The molecule has 3 unspecified atom stereocenters. The first-order valence-corrected chi connectivity index (χ1v) is 11.2. The number of rotatable bonds is 6. The van der Waals surface area contributed by atoms with Gasteiger partial charge in [0.1, 0.15) is 5.75 Å². The van der Waals surface area contributed by atoms with Crippen molar-refractivity contribution in [2.24, 2.45) is 16.2 Å². The smallest absolute Gasteiger partial charge is 0.205 e. The van der Waals surface area contributed by atoms with Gasteiger partial charge >= 0.3 is 0 Å². The van der Waals surface area contributed by atoms with Crippen LogP contribution in [0.3, 0.4) is 0 Å². The summed E-state index contributed by atoms with van der Waals surface area (Å²) in [6.07, 6.45) is 4.20. The van der Waals surface area contributed by atoms with E-state index in [0.717, 1.165) is 25.0 Å². The van der Waals surface area contributed by atoms with E-state index in [1.54, 1.807) is 7.11 Å². The normalized spacial score (nSPS) is 23.1. The molecule has 0 fully saturated rings. The second-order valence-electron chi connectivity index (χ2n) is 11.8. The summed E-state index contributed by atoms with van der Waals surface area (Å²) in [7, 11) is 1.77. The van der Waals surface area contributed by atoms with Crippen LogP contribution in [0.5, 0.6) is 5.75 Å². The molecular weight excluding hydrogens is 356 g/mol. The Balaban J connectivity index is 2.18. The maximum absolute atomic E-state index is 6.37. The molecule has 2 rings (SSSR count). The zero-order valence-corrected chi connectivity index (χ0v) is 20.6. The van der Waals surface area contributed by atoms with Gasteiger partial charge in [-0.15, -0.1) is 0 Å². The minimum atomic E-state index is -0.232. The summed E-state index contributed by atoms with van der Waals surface area (Å²) in [6.45, 7) is 20.8. The van der Waals surface area contributed by atoms with Crippen LogP contribution in [-0.2, 0) is 4.74 Å². The third-order valence-corrected chi connectivity index (χ3v) is 6.64. The van der Waals surface area contributed by atoms with Crippen molar-refractivity contribution in [3.63, 3.8) is 0 Å². The molecule has 1 aromatic carbocycles. The van der Waals surface area contributed by atoms with Gasteiger partial charge in [-0.2, -0.15) is 0 Å². The Morgan fingerprint density at radius 1 is 0.966 bits per heavy atom. The van der Waals surface area contributed by atoms with Gasteiger partial charge in [0.05, 0.1) is 0 Å². The monoisotopic (exact) mass is 400 g/mol. The Kier molecular flexibility index (Phi) is 7.31. The molecule has 29 heavy (non-hydrogen) atoms. The molecular formula is C27H44O2. The van der Waals surface area contributed by atoms with Gasteiger partial charge in [-0.25, -0.2) is 0 Å². The summed E-state index contributed by atoms with van der Waals surface area (Å²) in [6, 6.07) is 8.76. The molecule has 2 heteroatoms. The SMILES string of the molecule is COC(Oc1ccc(C(CC(C)(C)C)C(C)(C)C)cc1)C1(C)CCC(C)=C(C)C1. The highest BCUT2D eigenvalue weighted by atomic mass is 16.7. The zero-order valence-electron chi connectivity index (χ0n) is 20.6. The predicted molar refractivity (Wildman–Crippen MR) is 124 cm³/mol. The number of hydrogen-bond donors (Lipinski definition) is 0. The van der Waals surface area contributed by atoms with Gasteiger partial charge < -0.3 is 9.47 Å². The third-order valence-electron chi connectivity index (χ3n) is 6.64. The topological polar surface area (TPSA) is 18.5 Å². The van der Waals surface area contributed by atoms with Gasteiger partial charge in [-0.3, -0.25) is 0 Å². The first-order valence-electron chi connectivity index (χ1n) is 11.2. The molecule has 164 valence electrons. The maximum atomic E-state index is 6.37. The first-order chi connectivity index (χ1) is 13.2. The van der Waals surface area contributed by atoms with Crippen LogP contribution in [0.15, 0.2) is 35.4 Å². The fourth-order valence-corrected chi connectivity index (χ4v) is 4.65. The van der Waals surface area contributed by atoms with E-state index in [9.17, 15) is 0 Å². The van der Waals surface area contributed by atoms with Gasteiger partial charge in [-0.1, -0.05) is 71.7 Å². The first kappa shape index (κ1) is 24.0. The molecule has 0 saturated heterocycles. The molecule has 1 aliphatic rings. The van der Waals surface area contributed by atoms with E-state index < -0.39 is 0 Å². The van der Waals surface area contributed by atoms with Crippen LogP contribution in [0.25, 0.3) is 0 Å². The summed E-state index contributed by atoms with van der Waals surface area (Å²) in [5, 5.41) is 0. The molecule has 0 spiro atoms. The van der Waals surface area contributed by atoms with Crippen LogP contribution >= 0.6 is 0 Å². The Labute approximate surface area is 180 Å². The van der Waals surface area contributed by atoms with Crippen LogP contribution in [0, 0.1) is 16.2 Å². The second-order valence-corrected chi connectivity index (χ2v) is 11.8. The van der Waals surface area contributed by atoms with Crippen molar-refractivity contribution >= 4 is 0 Å². The molecule has 2 nitrogen and oxygen atoms in total. The summed E-state index contributed by atoms with van der Waals surface area (Å²) in [5.74, 6) is 1.41. The number of ether oxygens (including phenoxy) is 2. The van der Waals surface area contributed by atoms with E-state index in [-0.39, 0.29) is 17.1 Å². The van der Waals surface area contributed by atoms with Gasteiger partial charge in [0.15, 0.2) is 0 Å². The fourth-order valence-electron chi connectivity index (χ4n) is 4.65. The highest BCUT2D eigenvalue weighted by Crippen LogP contribution is 2.45. The highest BCUT2D eigenvalue weighted by Gasteiger charge is 2.39. The average Bonchev–Trinajstić information content (AvgIpc) is 2.60. The van der Waals surface area contributed by atoms with Crippen LogP contribution in [0.4, 0.5) is 0 Å². The molecule has 0 bridgehead atoms. The number of hydrogen-bond acceptors (Lipinski definition) is 2. The minimum Gasteiger partial charge on any atom is -0.464 e. The fraction of sp³-hybridized carbons (Fsp3) is 0.704. The lowest BCUT2D eigenvalue weighted by Gasteiger charge is -2.40. The van der Waals surface area contributed by atoms with Gasteiger partial charge in [0.25, 0.3) is 0 Å². The summed E-state index contributed by atoms with van der Waals surface area (Å²) >= 11 is 0. The highest BCUT2D eigenvalue weighted by molar-refractivity contribution is 5.31. The zero-order chi connectivity index (χ0) is 22.0. The molecule has 0 aliphatic heterocycles. The molecule has 0 saturated carbocycles. The lowest BCUT2D eigenvalue weighted by Crippen LogP contribution is -2.40. The molecule has 0 amide bonds. The van der Waals surface area contributed by atoms with Gasteiger partial charge in [0.2, 0.25) is 6.29 Å². The van der Waals surface area contributed by atoms with Crippen molar-refractivity contribution in [3.8, 4) is 5.75 Å². The number of allylic oxidation sites excluding steroid dienone is 2. The second kappa shape index (κ2) is 8.84. The number of benzene rings is 1. The van der Waals surface area contributed by atoms with Crippen LogP contribution in [-0.4, -0.2) is 13.4 Å². The van der Waals surface area contributed by atoms with Crippen molar-refractivity contribution < 1.29 is 9.47 Å². The number of methoxy groups -OCH3 is 1. The van der Waals surface area contributed by atoms with E-state index in [1.165, 1.54) is 23.1 Å². The van der Waals surface area contributed by atoms with Crippen LogP contribution in [0.1, 0.15) is 99.5 Å². The molecule has 3 atom stereocenters. The van der Waals surface area contributed by atoms with Crippen molar-refractivity contribution in [1.29, 1.82) is 0 Å². The third kappa shape index (κ3) is 6.35. The molecule has 0 radical (unpaired) electrons. The lowest BCUT2D eigenvalue weighted by molar-refractivity contribution is -0.138. The van der Waals surface area contributed by atoms with Crippen molar-refractivity contribution in [2.45, 2.75) is 100 Å². The van der Waals surface area contributed by atoms with Crippen LogP contribution in [0.2, 0.25) is 0 Å². The maximum Gasteiger partial charge on any atom is 0.205 e. The average molecular weight is 401 g/mol. The van der Waals surface area contributed by atoms with Crippen molar-refractivity contribution in [1.82, 2.24) is 0 Å². The van der Waals surface area contributed by atoms with E-state index >= 15 is 0 Å². The Bertz CT molecular complexity index is 700. The summed E-state index contributed by atoms with van der Waals surface area (Å²) in [4.78, 5) is 0. The lowest BCUT2D eigenvalue weighted by atomic mass is 9.69. The van der Waals surface area contributed by atoms with Crippen molar-refractivity contribution in [3.05, 3.63) is 41.0 Å². The van der Waals surface area contributed by atoms with E-state index in [4.69, 9.17) is 9.47 Å². The van der Waals surface area contributed by atoms with E-state index in [0.29, 0.717) is 11.3 Å². The molecule has 1 aliphatic carbocycles. The molecule has 1 aromatic rings. The molecule has 0 N–H and O–H groups in total. The summed E-state index contributed by atoms with van der Waals surface area (Å²) < 4.78 is 12.2. The van der Waals surface area contributed by atoms with E-state index in [2.05, 4.69) is 86.6 Å². The Morgan fingerprint density at radius 3 is 2.00 bits per heavy atom. The molecule has 0 aromatic heterocycles. The summed E-state index contributed by atoms with van der Waals surface area (Å²) in [5.41, 5.74) is 4.93. The van der Waals surface area contributed by atoms with Crippen LogP contribution < -0.4 is 4.74 Å². The Hall–Kier alpha value is -1.28. The van der Waals surface area contributed by atoms with Crippen molar-refractivity contribution in [2.75, 3.05) is 7.11 Å². The standard InChI is InChI=1S/C27H44O2/c1-19-15-16-27(9,17-20(19)2)24(28-10)29-22-13-11-21(12-14-22)23(26(6,7)8)18-25(3,4)5/h11-14,23-24H,15-18H2,1-10H3. The van der Waals surface area contributed by atoms with Gasteiger partial charge in [0, 0.05) is 12.5 Å². The molecule has 0 heterocycles.